The number of rotatable bonds is 6. The number of ether oxygens (including phenoxy) is 1. The molecule has 1 aliphatic rings. The molecule has 0 aromatic heterocycles. The standard InChI is InChI=1S/C24H33N3O2/c1-18(2)26-14-16-27(17-15-26)20-12-10-19(11-13-20)23(28)25-24(3,4)21-8-6-7-9-22(21)29-5/h6-13,18H,14-17H2,1-5H3,(H,25,28). The van der Waals surface area contributed by atoms with Crippen molar-refractivity contribution in [2.24, 2.45) is 0 Å². The van der Waals surface area contributed by atoms with Crippen LogP contribution >= 0.6 is 0 Å². The summed E-state index contributed by atoms with van der Waals surface area (Å²) in [4.78, 5) is 17.8. The van der Waals surface area contributed by atoms with Crippen LogP contribution in [-0.2, 0) is 5.54 Å². The molecule has 0 atom stereocenters. The molecule has 0 spiro atoms. The quantitative estimate of drug-likeness (QED) is 0.806. The Morgan fingerprint density at radius 2 is 1.62 bits per heavy atom. The second-order valence-electron chi connectivity index (χ2n) is 8.44. The van der Waals surface area contributed by atoms with Crippen molar-refractivity contribution >= 4 is 11.6 Å². The number of hydrogen-bond donors (Lipinski definition) is 1. The van der Waals surface area contributed by atoms with Crippen LogP contribution in [0.5, 0.6) is 5.75 Å². The minimum atomic E-state index is -0.546. The number of carbonyl (C=O) groups excluding carboxylic acids is 1. The summed E-state index contributed by atoms with van der Waals surface area (Å²) < 4.78 is 5.46. The van der Waals surface area contributed by atoms with Crippen LogP contribution in [0.2, 0.25) is 0 Å². The monoisotopic (exact) mass is 395 g/mol. The SMILES string of the molecule is COc1ccccc1C(C)(C)NC(=O)c1ccc(N2CCN(C(C)C)CC2)cc1. The molecule has 2 aromatic rings. The summed E-state index contributed by atoms with van der Waals surface area (Å²) in [5.74, 6) is 0.686. The number of amides is 1. The van der Waals surface area contributed by atoms with E-state index < -0.39 is 5.54 Å². The Kier molecular flexibility index (Phi) is 6.48. The second kappa shape index (κ2) is 8.87. The molecule has 1 saturated heterocycles. The Labute approximate surface area is 174 Å². The molecule has 29 heavy (non-hydrogen) atoms. The van der Waals surface area contributed by atoms with Crippen LogP contribution in [0.3, 0.4) is 0 Å². The van der Waals surface area contributed by atoms with Gasteiger partial charge < -0.3 is 15.0 Å². The fourth-order valence-corrected chi connectivity index (χ4v) is 3.90. The molecule has 0 saturated carbocycles. The molecule has 0 bridgehead atoms. The first-order chi connectivity index (χ1) is 13.8. The zero-order valence-corrected chi connectivity index (χ0v) is 18.2. The molecule has 3 rings (SSSR count). The van der Waals surface area contributed by atoms with Gasteiger partial charge >= 0.3 is 0 Å². The highest BCUT2D eigenvalue weighted by atomic mass is 16.5. The van der Waals surface area contributed by atoms with Crippen molar-refractivity contribution in [3.63, 3.8) is 0 Å². The van der Waals surface area contributed by atoms with Crippen LogP contribution < -0.4 is 15.0 Å². The maximum absolute atomic E-state index is 12.9. The predicted molar refractivity (Wildman–Crippen MR) is 119 cm³/mol. The van der Waals surface area contributed by atoms with Crippen molar-refractivity contribution in [1.29, 1.82) is 0 Å². The Bertz CT molecular complexity index is 822. The van der Waals surface area contributed by atoms with Gasteiger partial charge in [0.1, 0.15) is 5.75 Å². The second-order valence-corrected chi connectivity index (χ2v) is 8.44. The Balaban J connectivity index is 1.66. The molecule has 5 nitrogen and oxygen atoms in total. The molecule has 5 heteroatoms. The van der Waals surface area contributed by atoms with E-state index in [-0.39, 0.29) is 5.91 Å². The van der Waals surface area contributed by atoms with E-state index in [1.54, 1.807) is 7.11 Å². The minimum absolute atomic E-state index is 0.0860. The fraction of sp³-hybridized carbons (Fsp3) is 0.458. The molecule has 2 aromatic carbocycles. The number of methoxy groups -OCH3 is 1. The van der Waals surface area contributed by atoms with Gasteiger partial charge in [-0.3, -0.25) is 9.69 Å². The molecular formula is C24H33N3O2. The summed E-state index contributed by atoms with van der Waals surface area (Å²) in [6.07, 6.45) is 0. The first kappa shape index (κ1) is 21.2. The lowest BCUT2D eigenvalue weighted by Gasteiger charge is -2.38. The van der Waals surface area contributed by atoms with E-state index in [4.69, 9.17) is 4.74 Å². The average molecular weight is 396 g/mol. The van der Waals surface area contributed by atoms with Gasteiger partial charge in [0, 0.05) is 49.0 Å². The molecule has 0 unspecified atom stereocenters. The third kappa shape index (κ3) is 4.91. The molecular weight excluding hydrogens is 362 g/mol. The molecule has 1 aliphatic heterocycles. The van der Waals surface area contributed by atoms with Gasteiger partial charge in [0.15, 0.2) is 0 Å². The van der Waals surface area contributed by atoms with E-state index >= 15 is 0 Å². The van der Waals surface area contributed by atoms with Crippen molar-refractivity contribution in [2.45, 2.75) is 39.3 Å². The largest absolute Gasteiger partial charge is 0.496 e. The molecule has 0 radical (unpaired) electrons. The third-order valence-corrected chi connectivity index (χ3v) is 5.75. The molecule has 1 N–H and O–H groups in total. The van der Waals surface area contributed by atoms with Gasteiger partial charge in [-0.1, -0.05) is 18.2 Å². The van der Waals surface area contributed by atoms with Crippen molar-refractivity contribution in [3.05, 3.63) is 59.7 Å². The van der Waals surface area contributed by atoms with Crippen LogP contribution in [0.4, 0.5) is 5.69 Å². The molecule has 1 heterocycles. The summed E-state index contributed by atoms with van der Waals surface area (Å²) in [6, 6.07) is 16.3. The number of carbonyl (C=O) groups is 1. The average Bonchev–Trinajstić information content (AvgIpc) is 2.73. The van der Waals surface area contributed by atoms with E-state index in [0.29, 0.717) is 11.6 Å². The number of hydrogen-bond acceptors (Lipinski definition) is 4. The first-order valence-electron chi connectivity index (χ1n) is 10.4. The van der Waals surface area contributed by atoms with Crippen LogP contribution in [-0.4, -0.2) is 50.1 Å². The lowest BCUT2D eigenvalue weighted by molar-refractivity contribution is 0.0911. The molecule has 0 aliphatic carbocycles. The highest BCUT2D eigenvalue weighted by molar-refractivity contribution is 5.95. The topological polar surface area (TPSA) is 44.8 Å². The summed E-state index contributed by atoms with van der Waals surface area (Å²) in [5.41, 5.74) is 2.25. The first-order valence-corrected chi connectivity index (χ1v) is 10.4. The zero-order chi connectivity index (χ0) is 21.0. The maximum Gasteiger partial charge on any atom is 0.251 e. The number of para-hydroxylation sites is 1. The van der Waals surface area contributed by atoms with Crippen molar-refractivity contribution in [3.8, 4) is 5.75 Å². The van der Waals surface area contributed by atoms with Crippen LogP contribution in [0.25, 0.3) is 0 Å². The van der Waals surface area contributed by atoms with E-state index in [1.165, 1.54) is 5.69 Å². The summed E-state index contributed by atoms with van der Waals surface area (Å²) in [7, 11) is 1.65. The van der Waals surface area contributed by atoms with Crippen molar-refractivity contribution in [1.82, 2.24) is 10.2 Å². The van der Waals surface area contributed by atoms with E-state index in [9.17, 15) is 4.79 Å². The van der Waals surface area contributed by atoms with Gasteiger partial charge in [0.05, 0.1) is 12.6 Å². The maximum atomic E-state index is 12.9. The van der Waals surface area contributed by atoms with Gasteiger partial charge in [0.25, 0.3) is 5.91 Å². The number of piperazine rings is 1. The van der Waals surface area contributed by atoms with Crippen LogP contribution in [0, 0.1) is 0 Å². The Morgan fingerprint density at radius 1 is 1.00 bits per heavy atom. The highest BCUT2D eigenvalue weighted by Crippen LogP contribution is 2.29. The number of nitrogens with one attached hydrogen (secondary N) is 1. The fourth-order valence-electron chi connectivity index (χ4n) is 3.90. The normalized spacial score (nSPS) is 15.4. The van der Waals surface area contributed by atoms with E-state index in [1.807, 2.05) is 50.2 Å². The van der Waals surface area contributed by atoms with Crippen molar-refractivity contribution in [2.75, 3.05) is 38.2 Å². The number of anilines is 1. The van der Waals surface area contributed by atoms with Crippen molar-refractivity contribution < 1.29 is 9.53 Å². The predicted octanol–water partition coefficient (Wildman–Crippen LogP) is 3.89. The Hall–Kier alpha value is -2.53. The minimum Gasteiger partial charge on any atom is -0.496 e. The summed E-state index contributed by atoms with van der Waals surface area (Å²) in [6.45, 7) is 12.7. The third-order valence-electron chi connectivity index (χ3n) is 5.75. The van der Waals surface area contributed by atoms with Gasteiger partial charge in [0.2, 0.25) is 0 Å². The molecule has 156 valence electrons. The summed E-state index contributed by atoms with van der Waals surface area (Å²) in [5, 5.41) is 3.14. The Morgan fingerprint density at radius 3 is 2.21 bits per heavy atom. The number of benzene rings is 2. The van der Waals surface area contributed by atoms with Gasteiger partial charge in [-0.2, -0.15) is 0 Å². The number of nitrogens with zero attached hydrogens (tertiary/aromatic N) is 2. The molecule has 1 fully saturated rings. The summed E-state index contributed by atoms with van der Waals surface area (Å²) >= 11 is 0. The smallest absolute Gasteiger partial charge is 0.251 e. The van der Waals surface area contributed by atoms with Gasteiger partial charge in [-0.15, -0.1) is 0 Å². The highest BCUT2D eigenvalue weighted by Gasteiger charge is 2.27. The van der Waals surface area contributed by atoms with E-state index in [2.05, 4.69) is 41.1 Å². The lowest BCUT2D eigenvalue weighted by Crippen LogP contribution is -2.48. The zero-order valence-electron chi connectivity index (χ0n) is 18.2. The van der Waals surface area contributed by atoms with Crippen LogP contribution in [0.15, 0.2) is 48.5 Å². The molecule has 1 amide bonds. The lowest BCUT2D eigenvalue weighted by atomic mass is 9.93. The van der Waals surface area contributed by atoms with Crippen LogP contribution in [0.1, 0.15) is 43.6 Å². The van der Waals surface area contributed by atoms with Gasteiger partial charge in [-0.25, -0.2) is 0 Å². The van der Waals surface area contributed by atoms with Gasteiger partial charge in [-0.05, 0) is 58.0 Å². The van der Waals surface area contributed by atoms with E-state index in [0.717, 1.165) is 37.5 Å².